The lowest BCUT2D eigenvalue weighted by Crippen LogP contribution is -2.35. The van der Waals surface area contributed by atoms with Crippen molar-refractivity contribution in [2.75, 3.05) is 13.1 Å². The topological polar surface area (TPSA) is 47.1 Å². The van der Waals surface area contributed by atoms with Crippen LogP contribution in [0.25, 0.3) is 0 Å². The van der Waals surface area contributed by atoms with Crippen LogP contribution in [0.2, 0.25) is 0 Å². The van der Waals surface area contributed by atoms with Crippen LogP contribution in [0.1, 0.15) is 57.3 Å². The summed E-state index contributed by atoms with van der Waals surface area (Å²) in [5.41, 5.74) is 8.29. The van der Waals surface area contributed by atoms with Crippen molar-refractivity contribution >= 4 is 0 Å². The lowest BCUT2D eigenvalue weighted by molar-refractivity contribution is 0.183. The van der Waals surface area contributed by atoms with Gasteiger partial charge in [-0.05, 0) is 45.2 Å². The summed E-state index contributed by atoms with van der Waals surface area (Å²) in [4.78, 5) is 2.64. The van der Waals surface area contributed by atoms with E-state index in [1.54, 1.807) is 0 Å². The predicted molar refractivity (Wildman–Crippen MR) is 83.6 cm³/mol. The molecule has 4 heteroatoms. The molecule has 1 heterocycles. The molecule has 0 unspecified atom stereocenters. The van der Waals surface area contributed by atoms with Crippen LogP contribution >= 0.6 is 0 Å². The van der Waals surface area contributed by atoms with Crippen molar-refractivity contribution in [1.29, 1.82) is 0 Å². The molecule has 0 saturated heterocycles. The average molecular weight is 278 g/mol. The zero-order valence-corrected chi connectivity index (χ0v) is 13.1. The normalized spacial score (nSPS) is 16.4. The first-order chi connectivity index (χ1) is 9.78. The monoisotopic (exact) mass is 278 g/mol. The van der Waals surface area contributed by atoms with E-state index in [4.69, 9.17) is 5.73 Å². The Balaban J connectivity index is 2.07. The summed E-state index contributed by atoms with van der Waals surface area (Å²) in [6.07, 6.45) is 7.59. The van der Waals surface area contributed by atoms with Gasteiger partial charge in [-0.3, -0.25) is 9.58 Å². The van der Waals surface area contributed by atoms with Gasteiger partial charge in [0.05, 0.1) is 11.4 Å². The second-order valence-electron chi connectivity index (χ2n) is 5.85. The smallest absolute Gasteiger partial charge is 0.0625 e. The van der Waals surface area contributed by atoms with Crippen LogP contribution in [0, 0.1) is 0 Å². The molecule has 1 aromatic heterocycles. The van der Waals surface area contributed by atoms with Gasteiger partial charge in [-0.25, -0.2) is 0 Å². The molecule has 114 valence electrons. The number of aromatic nitrogens is 2. The molecule has 0 radical (unpaired) electrons. The SMILES string of the molecule is CCc1cc(CN(CCCN)C2CCCC2)n(CC)n1. The number of aryl methyl sites for hydroxylation is 2. The number of hydrogen-bond donors (Lipinski definition) is 1. The molecule has 0 bridgehead atoms. The minimum atomic E-state index is 0.756. The van der Waals surface area contributed by atoms with Gasteiger partial charge >= 0.3 is 0 Å². The molecule has 1 aliphatic carbocycles. The highest BCUT2D eigenvalue weighted by atomic mass is 15.3. The molecule has 2 N–H and O–H groups in total. The average Bonchev–Trinajstić information content (AvgIpc) is 3.12. The molecule has 0 aromatic carbocycles. The molecule has 1 fully saturated rings. The molecule has 0 atom stereocenters. The number of nitrogens with zero attached hydrogens (tertiary/aromatic N) is 3. The van der Waals surface area contributed by atoms with E-state index >= 15 is 0 Å². The van der Waals surface area contributed by atoms with Crippen LogP contribution in [0.3, 0.4) is 0 Å². The lowest BCUT2D eigenvalue weighted by atomic mass is 10.2. The second kappa shape index (κ2) is 7.79. The number of hydrogen-bond acceptors (Lipinski definition) is 3. The molecule has 4 nitrogen and oxygen atoms in total. The van der Waals surface area contributed by atoms with Crippen LogP contribution in [-0.2, 0) is 19.5 Å². The van der Waals surface area contributed by atoms with Crippen LogP contribution in [0.5, 0.6) is 0 Å². The Morgan fingerprint density at radius 3 is 2.70 bits per heavy atom. The fraction of sp³-hybridized carbons (Fsp3) is 0.812. The molecule has 0 spiro atoms. The molecule has 1 aromatic rings. The number of nitrogens with two attached hydrogens (primary N) is 1. The van der Waals surface area contributed by atoms with Gasteiger partial charge in [0.15, 0.2) is 0 Å². The van der Waals surface area contributed by atoms with Gasteiger partial charge < -0.3 is 5.73 Å². The third-order valence-electron chi connectivity index (χ3n) is 4.43. The summed E-state index contributed by atoms with van der Waals surface area (Å²) in [6, 6.07) is 3.04. The molecular weight excluding hydrogens is 248 g/mol. The van der Waals surface area contributed by atoms with Gasteiger partial charge in [0, 0.05) is 25.7 Å². The predicted octanol–water partition coefficient (Wildman–Crippen LogP) is 2.56. The van der Waals surface area contributed by atoms with Crippen molar-refractivity contribution in [2.45, 2.75) is 71.5 Å². The van der Waals surface area contributed by atoms with Crippen LogP contribution < -0.4 is 5.73 Å². The Bertz CT molecular complexity index is 393. The molecule has 0 amide bonds. The Labute approximate surface area is 123 Å². The molecule has 1 saturated carbocycles. The van der Waals surface area contributed by atoms with E-state index in [1.807, 2.05) is 0 Å². The van der Waals surface area contributed by atoms with Crippen molar-refractivity contribution < 1.29 is 0 Å². The van der Waals surface area contributed by atoms with E-state index < -0.39 is 0 Å². The molecule has 1 aliphatic rings. The van der Waals surface area contributed by atoms with E-state index in [1.165, 1.54) is 37.1 Å². The van der Waals surface area contributed by atoms with Crippen molar-refractivity contribution in [3.8, 4) is 0 Å². The molecule has 0 aliphatic heterocycles. The maximum absolute atomic E-state index is 5.71. The fourth-order valence-electron chi connectivity index (χ4n) is 3.25. The van der Waals surface area contributed by atoms with Gasteiger partial charge in [0.2, 0.25) is 0 Å². The standard InChI is InChI=1S/C16H30N4/c1-3-14-12-16(20(4-2)18-14)13-19(11-7-10-17)15-8-5-6-9-15/h12,15H,3-11,13,17H2,1-2H3. The van der Waals surface area contributed by atoms with Crippen molar-refractivity contribution in [3.05, 3.63) is 17.5 Å². The van der Waals surface area contributed by atoms with Crippen LogP contribution in [0.4, 0.5) is 0 Å². The maximum atomic E-state index is 5.71. The highest BCUT2D eigenvalue weighted by Gasteiger charge is 2.23. The summed E-state index contributed by atoms with van der Waals surface area (Å²) in [5, 5.41) is 4.67. The summed E-state index contributed by atoms with van der Waals surface area (Å²) in [7, 11) is 0. The van der Waals surface area contributed by atoms with E-state index in [9.17, 15) is 0 Å². The van der Waals surface area contributed by atoms with E-state index in [-0.39, 0.29) is 0 Å². The Morgan fingerprint density at radius 1 is 1.35 bits per heavy atom. The van der Waals surface area contributed by atoms with Gasteiger partial charge in [-0.1, -0.05) is 19.8 Å². The minimum Gasteiger partial charge on any atom is -0.330 e. The Kier molecular flexibility index (Phi) is 6.05. The highest BCUT2D eigenvalue weighted by molar-refractivity contribution is 5.10. The minimum absolute atomic E-state index is 0.756. The zero-order chi connectivity index (χ0) is 14.4. The van der Waals surface area contributed by atoms with Crippen molar-refractivity contribution in [1.82, 2.24) is 14.7 Å². The fourth-order valence-corrected chi connectivity index (χ4v) is 3.25. The quantitative estimate of drug-likeness (QED) is 0.795. The van der Waals surface area contributed by atoms with Crippen molar-refractivity contribution in [3.63, 3.8) is 0 Å². The number of rotatable bonds is 8. The second-order valence-corrected chi connectivity index (χ2v) is 5.85. The largest absolute Gasteiger partial charge is 0.330 e. The van der Waals surface area contributed by atoms with Gasteiger partial charge in [0.1, 0.15) is 0 Å². The first kappa shape index (κ1) is 15.5. The zero-order valence-electron chi connectivity index (χ0n) is 13.1. The summed E-state index contributed by atoms with van der Waals surface area (Å²) in [5.74, 6) is 0. The first-order valence-corrected chi connectivity index (χ1v) is 8.28. The first-order valence-electron chi connectivity index (χ1n) is 8.28. The van der Waals surface area contributed by atoms with Gasteiger partial charge in [-0.2, -0.15) is 5.10 Å². The maximum Gasteiger partial charge on any atom is 0.0625 e. The van der Waals surface area contributed by atoms with Crippen LogP contribution in [0.15, 0.2) is 6.07 Å². The van der Waals surface area contributed by atoms with Crippen molar-refractivity contribution in [2.24, 2.45) is 5.73 Å². The third kappa shape index (κ3) is 3.83. The molecule has 20 heavy (non-hydrogen) atoms. The van der Waals surface area contributed by atoms with Gasteiger partial charge in [-0.15, -0.1) is 0 Å². The van der Waals surface area contributed by atoms with Gasteiger partial charge in [0.25, 0.3) is 0 Å². The lowest BCUT2D eigenvalue weighted by Gasteiger charge is -2.28. The van der Waals surface area contributed by atoms with Crippen LogP contribution in [-0.4, -0.2) is 33.8 Å². The summed E-state index contributed by atoms with van der Waals surface area (Å²) < 4.78 is 2.17. The van der Waals surface area contributed by atoms with E-state index in [0.29, 0.717) is 0 Å². The highest BCUT2D eigenvalue weighted by Crippen LogP contribution is 2.25. The Hall–Kier alpha value is -0.870. The summed E-state index contributed by atoms with van der Waals surface area (Å²) >= 11 is 0. The Morgan fingerprint density at radius 2 is 2.10 bits per heavy atom. The molecular formula is C16H30N4. The third-order valence-corrected chi connectivity index (χ3v) is 4.43. The summed E-state index contributed by atoms with van der Waals surface area (Å²) in [6.45, 7) is 8.26. The molecule has 2 rings (SSSR count). The van der Waals surface area contributed by atoms with E-state index in [0.717, 1.165) is 45.1 Å². The van der Waals surface area contributed by atoms with E-state index in [2.05, 4.69) is 34.6 Å².